The second-order valence-corrected chi connectivity index (χ2v) is 8.43. The predicted molar refractivity (Wildman–Crippen MR) is 126 cm³/mol. The van der Waals surface area contributed by atoms with Crippen LogP contribution in [0.4, 0.5) is 0 Å². The van der Waals surface area contributed by atoms with Crippen molar-refractivity contribution in [3.63, 3.8) is 0 Å². The molecule has 8 nitrogen and oxygen atoms in total. The van der Waals surface area contributed by atoms with Crippen LogP contribution >= 0.6 is 23.2 Å². The molecule has 0 aliphatic rings. The molecule has 33 heavy (non-hydrogen) atoms. The van der Waals surface area contributed by atoms with Crippen molar-refractivity contribution in [2.75, 3.05) is 0 Å². The predicted octanol–water partition coefficient (Wildman–Crippen LogP) is 2.79. The molecule has 1 amide bonds. The first-order valence-corrected chi connectivity index (χ1v) is 10.6. The Morgan fingerprint density at radius 3 is 2.27 bits per heavy atom. The Hall–Kier alpha value is -3.36. The minimum Gasteiger partial charge on any atom is -0.480 e. The summed E-state index contributed by atoms with van der Waals surface area (Å²) in [7, 11) is 2.96. The number of nitrogens with one attached hydrogen (secondary N) is 1. The summed E-state index contributed by atoms with van der Waals surface area (Å²) < 4.78 is 2.35. The summed E-state index contributed by atoms with van der Waals surface area (Å²) in [6, 6.07) is 8.44. The molecule has 2 N–H and O–H groups in total. The van der Waals surface area contributed by atoms with Gasteiger partial charge in [0.05, 0.1) is 21.2 Å². The zero-order chi connectivity index (χ0) is 24.4. The van der Waals surface area contributed by atoms with E-state index in [0.717, 1.165) is 4.57 Å². The molecule has 3 aromatic rings. The highest BCUT2D eigenvalue weighted by Crippen LogP contribution is 2.25. The van der Waals surface area contributed by atoms with Crippen LogP contribution in [-0.2, 0) is 25.3 Å². The molecule has 1 heterocycles. The Morgan fingerprint density at radius 2 is 1.70 bits per heavy atom. The number of carbonyl (C=O) groups is 2. The fraction of sp³-hybridized carbons (Fsp3) is 0.217. The quantitative estimate of drug-likeness (QED) is 0.552. The topological polar surface area (TPSA) is 110 Å². The van der Waals surface area contributed by atoms with Crippen LogP contribution in [0.15, 0.2) is 52.2 Å². The first-order valence-electron chi connectivity index (χ1n) is 9.85. The number of hydrogen-bond donors (Lipinski definition) is 2. The van der Waals surface area contributed by atoms with E-state index in [1.54, 1.807) is 38.2 Å². The minimum absolute atomic E-state index is 0.00384. The Balaban J connectivity index is 1.89. The lowest BCUT2D eigenvalue weighted by Crippen LogP contribution is -2.42. The van der Waals surface area contributed by atoms with Gasteiger partial charge in [0.2, 0.25) is 0 Å². The molecular formula is C23H21Cl2N3O5. The summed E-state index contributed by atoms with van der Waals surface area (Å²) in [6.45, 7) is 1.78. The number of benzene rings is 2. The SMILES string of the molecule is Cc1cc(CC(NC(=O)c2c(Cl)cccc2Cl)C(=O)O)ccc1-c1cn(C)c(=O)n(C)c1=O. The molecule has 0 aliphatic carbocycles. The number of amides is 1. The normalized spacial score (nSPS) is 11.8. The number of aromatic nitrogens is 2. The van der Waals surface area contributed by atoms with Crippen molar-refractivity contribution in [2.24, 2.45) is 14.1 Å². The maximum atomic E-state index is 12.6. The van der Waals surface area contributed by atoms with Crippen LogP contribution in [0.1, 0.15) is 21.5 Å². The van der Waals surface area contributed by atoms with E-state index in [9.17, 15) is 24.3 Å². The Morgan fingerprint density at radius 1 is 1.06 bits per heavy atom. The molecule has 0 spiro atoms. The summed E-state index contributed by atoms with van der Waals surface area (Å²) in [6.07, 6.45) is 1.47. The molecule has 0 saturated carbocycles. The molecule has 1 atom stereocenters. The second kappa shape index (κ2) is 9.64. The maximum Gasteiger partial charge on any atom is 0.330 e. The smallest absolute Gasteiger partial charge is 0.330 e. The highest BCUT2D eigenvalue weighted by atomic mass is 35.5. The maximum absolute atomic E-state index is 12.6. The van der Waals surface area contributed by atoms with Crippen molar-refractivity contribution in [1.29, 1.82) is 0 Å². The van der Waals surface area contributed by atoms with Gasteiger partial charge in [-0.2, -0.15) is 0 Å². The first kappa shape index (κ1) is 24.3. The van der Waals surface area contributed by atoms with Gasteiger partial charge in [-0.05, 0) is 35.7 Å². The molecule has 1 unspecified atom stereocenters. The van der Waals surface area contributed by atoms with Crippen molar-refractivity contribution in [2.45, 2.75) is 19.4 Å². The van der Waals surface area contributed by atoms with Gasteiger partial charge in [0.1, 0.15) is 6.04 Å². The van der Waals surface area contributed by atoms with Gasteiger partial charge < -0.3 is 15.0 Å². The zero-order valence-electron chi connectivity index (χ0n) is 18.1. The van der Waals surface area contributed by atoms with Crippen molar-refractivity contribution < 1.29 is 14.7 Å². The van der Waals surface area contributed by atoms with E-state index < -0.39 is 29.2 Å². The molecule has 2 aromatic carbocycles. The van der Waals surface area contributed by atoms with Crippen LogP contribution < -0.4 is 16.6 Å². The summed E-state index contributed by atoms with van der Waals surface area (Å²) >= 11 is 12.1. The molecule has 0 bridgehead atoms. The molecule has 1 aromatic heterocycles. The molecular weight excluding hydrogens is 469 g/mol. The van der Waals surface area contributed by atoms with Crippen LogP contribution in [0.2, 0.25) is 10.0 Å². The average molecular weight is 490 g/mol. The molecule has 0 radical (unpaired) electrons. The fourth-order valence-corrected chi connectivity index (χ4v) is 4.10. The van der Waals surface area contributed by atoms with E-state index >= 15 is 0 Å². The molecule has 0 saturated heterocycles. The van der Waals surface area contributed by atoms with E-state index in [2.05, 4.69) is 5.32 Å². The van der Waals surface area contributed by atoms with Crippen molar-refractivity contribution in [3.8, 4) is 11.1 Å². The lowest BCUT2D eigenvalue weighted by molar-refractivity contribution is -0.139. The number of aliphatic carboxylic acids is 1. The van der Waals surface area contributed by atoms with Gasteiger partial charge in [-0.15, -0.1) is 0 Å². The molecule has 172 valence electrons. The Labute approximate surface area is 199 Å². The fourth-order valence-electron chi connectivity index (χ4n) is 3.53. The van der Waals surface area contributed by atoms with Gasteiger partial charge in [-0.3, -0.25) is 14.2 Å². The summed E-state index contributed by atoms with van der Waals surface area (Å²) in [5, 5.41) is 12.3. The van der Waals surface area contributed by atoms with Gasteiger partial charge >= 0.3 is 11.7 Å². The van der Waals surface area contributed by atoms with Crippen molar-refractivity contribution >= 4 is 35.1 Å². The summed E-state index contributed by atoms with van der Waals surface area (Å²) in [5.41, 5.74) is 1.46. The number of carbonyl (C=O) groups excluding carboxylic acids is 1. The van der Waals surface area contributed by atoms with E-state index in [1.165, 1.54) is 29.9 Å². The Kier molecular flexibility index (Phi) is 7.09. The van der Waals surface area contributed by atoms with Crippen LogP contribution in [0.5, 0.6) is 0 Å². The second-order valence-electron chi connectivity index (χ2n) is 7.61. The third-order valence-corrected chi connectivity index (χ3v) is 5.89. The first-order chi connectivity index (χ1) is 15.5. The zero-order valence-corrected chi connectivity index (χ0v) is 19.6. The molecule has 0 aliphatic heterocycles. The molecule has 0 fully saturated rings. The highest BCUT2D eigenvalue weighted by Gasteiger charge is 2.24. The van der Waals surface area contributed by atoms with E-state index in [-0.39, 0.29) is 22.0 Å². The number of nitrogens with zero attached hydrogens (tertiary/aromatic N) is 2. The number of halogens is 2. The largest absolute Gasteiger partial charge is 0.480 e. The number of carboxylic acids is 1. The standard InChI is InChI=1S/C23H21Cl2N3O5/c1-12-9-13(7-8-14(12)15-11-27(2)23(33)28(3)21(15)30)10-18(22(31)32)26-20(29)19-16(24)5-4-6-17(19)25/h4-9,11,18H,10H2,1-3H3,(H,26,29)(H,31,32). The number of rotatable bonds is 6. The van der Waals surface area contributed by atoms with E-state index in [1.807, 2.05) is 0 Å². The number of hydrogen-bond acceptors (Lipinski definition) is 4. The van der Waals surface area contributed by atoms with Crippen LogP contribution in [0.25, 0.3) is 11.1 Å². The number of aryl methyl sites for hydroxylation is 2. The lowest BCUT2D eigenvalue weighted by Gasteiger charge is -2.17. The van der Waals surface area contributed by atoms with E-state index in [4.69, 9.17) is 23.2 Å². The third-order valence-electron chi connectivity index (χ3n) is 5.26. The summed E-state index contributed by atoms with van der Waals surface area (Å²) in [4.78, 5) is 48.9. The monoisotopic (exact) mass is 489 g/mol. The van der Waals surface area contributed by atoms with Gasteiger partial charge in [-0.1, -0.05) is 47.5 Å². The van der Waals surface area contributed by atoms with Gasteiger partial charge in [0.25, 0.3) is 11.5 Å². The van der Waals surface area contributed by atoms with Gasteiger partial charge in [-0.25, -0.2) is 9.59 Å². The van der Waals surface area contributed by atoms with Crippen molar-refractivity contribution in [3.05, 3.63) is 90.2 Å². The minimum atomic E-state index is -1.24. The third kappa shape index (κ3) is 5.02. The number of carboxylic acid groups (broad SMARTS) is 1. The Bertz CT molecular complexity index is 1360. The molecule has 3 rings (SSSR count). The van der Waals surface area contributed by atoms with Gasteiger partial charge in [0.15, 0.2) is 0 Å². The lowest BCUT2D eigenvalue weighted by atomic mass is 9.97. The van der Waals surface area contributed by atoms with Crippen LogP contribution in [-0.4, -0.2) is 32.2 Å². The summed E-state index contributed by atoms with van der Waals surface area (Å²) in [5.74, 6) is -1.92. The highest BCUT2D eigenvalue weighted by molar-refractivity contribution is 6.39. The van der Waals surface area contributed by atoms with E-state index in [0.29, 0.717) is 22.3 Å². The van der Waals surface area contributed by atoms with Crippen LogP contribution in [0, 0.1) is 6.92 Å². The van der Waals surface area contributed by atoms with Crippen LogP contribution in [0.3, 0.4) is 0 Å². The molecule has 10 heteroatoms. The van der Waals surface area contributed by atoms with Gasteiger partial charge in [0, 0.05) is 26.7 Å². The average Bonchev–Trinajstić information content (AvgIpc) is 2.74. The van der Waals surface area contributed by atoms with Crippen molar-refractivity contribution in [1.82, 2.24) is 14.5 Å².